The van der Waals surface area contributed by atoms with Gasteiger partial charge in [0.2, 0.25) is 17.7 Å². The van der Waals surface area contributed by atoms with Crippen LogP contribution in [0.25, 0.3) is 11.3 Å². The average Bonchev–Trinajstić information content (AvgIpc) is 2.97. The van der Waals surface area contributed by atoms with Gasteiger partial charge in [-0.25, -0.2) is 18.7 Å². The highest BCUT2D eigenvalue weighted by molar-refractivity contribution is 5.96. The number of nitrogens with one attached hydrogen (secondary N) is 1. The van der Waals surface area contributed by atoms with Crippen molar-refractivity contribution in [3.63, 3.8) is 0 Å². The number of carbonyl (C=O) groups excluding carboxylic acids is 2. The number of ether oxygens (including phenoxy) is 2. The summed E-state index contributed by atoms with van der Waals surface area (Å²) >= 11 is 0. The van der Waals surface area contributed by atoms with Crippen LogP contribution in [0, 0.1) is 11.3 Å². The Kier molecular flexibility index (Phi) is 8.58. The van der Waals surface area contributed by atoms with Gasteiger partial charge in [-0.3, -0.25) is 9.59 Å². The van der Waals surface area contributed by atoms with Gasteiger partial charge in [-0.2, -0.15) is 10.2 Å². The summed E-state index contributed by atoms with van der Waals surface area (Å²) in [5, 5.41) is 21.6. The molecular formula is C27H27F2N7O5. The lowest BCUT2D eigenvalue weighted by molar-refractivity contribution is -0.161. The van der Waals surface area contributed by atoms with E-state index in [1.807, 2.05) is 6.07 Å². The second kappa shape index (κ2) is 12.1. The van der Waals surface area contributed by atoms with Crippen LogP contribution in [0.2, 0.25) is 0 Å². The number of aliphatic hydroxyl groups is 1. The van der Waals surface area contributed by atoms with Gasteiger partial charge >= 0.3 is 5.92 Å². The molecule has 0 spiro atoms. The number of alkyl halides is 2. The van der Waals surface area contributed by atoms with E-state index in [1.54, 1.807) is 38.4 Å². The average molecular weight is 568 g/mol. The van der Waals surface area contributed by atoms with Gasteiger partial charge in [-0.1, -0.05) is 0 Å². The van der Waals surface area contributed by atoms with Crippen molar-refractivity contribution in [3.8, 4) is 29.0 Å². The van der Waals surface area contributed by atoms with Crippen LogP contribution >= 0.6 is 0 Å². The minimum absolute atomic E-state index is 0.00818. The second-order valence-corrected chi connectivity index (χ2v) is 9.30. The van der Waals surface area contributed by atoms with Crippen molar-refractivity contribution in [2.75, 3.05) is 46.2 Å². The van der Waals surface area contributed by atoms with E-state index < -0.39 is 31.1 Å². The van der Waals surface area contributed by atoms with Gasteiger partial charge in [0, 0.05) is 38.8 Å². The molecule has 2 aromatic heterocycles. The summed E-state index contributed by atoms with van der Waals surface area (Å²) in [5.74, 6) is -3.85. The SMILES string of the molecule is COc1nc(Nc2nccc(-c3ccc(OC4CCN(C(=O)CO)CC4(F)F)c(C#N)c3)n2)ccc1C(=O)N(C)C. The zero-order valence-corrected chi connectivity index (χ0v) is 22.5. The smallest absolute Gasteiger partial charge is 0.301 e. The number of pyridine rings is 1. The van der Waals surface area contributed by atoms with E-state index in [2.05, 4.69) is 20.3 Å². The highest BCUT2D eigenvalue weighted by Gasteiger charge is 2.47. The molecule has 4 rings (SSSR count). The van der Waals surface area contributed by atoms with E-state index in [0.717, 1.165) is 4.90 Å². The predicted octanol–water partition coefficient (Wildman–Crippen LogP) is 2.47. The Labute approximate surface area is 234 Å². The van der Waals surface area contributed by atoms with Crippen LogP contribution < -0.4 is 14.8 Å². The van der Waals surface area contributed by atoms with Crippen molar-refractivity contribution in [1.82, 2.24) is 24.8 Å². The quantitative estimate of drug-likeness (QED) is 0.415. The summed E-state index contributed by atoms with van der Waals surface area (Å²) in [4.78, 5) is 39.2. The minimum Gasteiger partial charge on any atom is -0.483 e. The molecule has 3 heterocycles. The molecule has 3 aromatic rings. The zero-order chi connectivity index (χ0) is 29.7. The predicted molar refractivity (Wildman–Crippen MR) is 142 cm³/mol. The Hall–Kier alpha value is -4.90. The highest BCUT2D eigenvalue weighted by Crippen LogP contribution is 2.34. The van der Waals surface area contributed by atoms with Gasteiger partial charge in [-0.05, 0) is 36.4 Å². The first-order valence-corrected chi connectivity index (χ1v) is 12.4. The van der Waals surface area contributed by atoms with Crippen LogP contribution in [0.3, 0.4) is 0 Å². The number of nitriles is 1. The number of hydrogen-bond acceptors (Lipinski definition) is 10. The van der Waals surface area contributed by atoms with Gasteiger partial charge in [-0.15, -0.1) is 0 Å². The summed E-state index contributed by atoms with van der Waals surface area (Å²) in [7, 11) is 4.63. The Morgan fingerprint density at radius 1 is 1.24 bits per heavy atom. The molecule has 0 saturated carbocycles. The summed E-state index contributed by atoms with van der Waals surface area (Å²) in [6.07, 6.45) is -0.235. The fraction of sp³-hybridized carbons (Fsp3) is 0.333. The number of piperidine rings is 1. The van der Waals surface area contributed by atoms with Crippen molar-refractivity contribution in [3.05, 3.63) is 53.7 Å². The van der Waals surface area contributed by atoms with E-state index in [4.69, 9.17) is 14.6 Å². The Balaban J connectivity index is 1.52. The van der Waals surface area contributed by atoms with Crippen LogP contribution in [-0.4, -0.2) is 94.6 Å². The Bertz CT molecular complexity index is 1500. The molecule has 1 saturated heterocycles. The maximum absolute atomic E-state index is 14.7. The molecular weight excluding hydrogens is 540 g/mol. The molecule has 14 heteroatoms. The first-order chi connectivity index (χ1) is 19.6. The van der Waals surface area contributed by atoms with E-state index >= 15 is 0 Å². The van der Waals surface area contributed by atoms with Gasteiger partial charge in [0.15, 0.2) is 6.10 Å². The van der Waals surface area contributed by atoms with Crippen molar-refractivity contribution >= 4 is 23.6 Å². The number of amides is 2. The number of methoxy groups -OCH3 is 1. The summed E-state index contributed by atoms with van der Waals surface area (Å²) in [6, 6.07) is 11.2. The molecule has 1 fully saturated rings. The van der Waals surface area contributed by atoms with Crippen molar-refractivity contribution in [2.24, 2.45) is 0 Å². The molecule has 2 N–H and O–H groups in total. The molecule has 0 radical (unpaired) electrons. The molecule has 41 heavy (non-hydrogen) atoms. The lowest BCUT2D eigenvalue weighted by Gasteiger charge is -2.38. The topological polar surface area (TPSA) is 154 Å². The minimum atomic E-state index is -3.38. The van der Waals surface area contributed by atoms with Crippen molar-refractivity contribution in [2.45, 2.75) is 18.4 Å². The Morgan fingerprint density at radius 3 is 2.68 bits per heavy atom. The first-order valence-electron chi connectivity index (χ1n) is 12.4. The number of rotatable bonds is 8. The number of carbonyl (C=O) groups is 2. The number of anilines is 2. The molecule has 0 aliphatic carbocycles. The van der Waals surface area contributed by atoms with Gasteiger partial charge < -0.3 is 29.7 Å². The molecule has 214 valence electrons. The highest BCUT2D eigenvalue weighted by atomic mass is 19.3. The van der Waals surface area contributed by atoms with Gasteiger partial charge in [0.1, 0.15) is 29.8 Å². The van der Waals surface area contributed by atoms with Crippen molar-refractivity contribution in [1.29, 1.82) is 5.26 Å². The van der Waals surface area contributed by atoms with Crippen LogP contribution in [0.5, 0.6) is 11.6 Å². The monoisotopic (exact) mass is 567 g/mol. The molecule has 1 aromatic carbocycles. The number of aliphatic hydroxyl groups excluding tert-OH is 1. The number of aromatic nitrogens is 3. The molecule has 1 aliphatic rings. The van der Waals surface area contributed by atoms with Crippen LogP contribution in [-0.2, 0) is 4.79 Å². The number of hydrogen-bond donors (Lipinski definition) is 2. The third-order valence-electron chi connectivity index (χ3n) is 6.27. The van der Waals surface area contributed by atoms with Crippen LogP contribution in [0.4, 0.5) is 20.5 Å². The van der Waals surface area contributed by atoms with E-state index in [-0.39, 0.29) is 47.6 Å². The zero-order valence-electron chi connectivity index (χ0n) is 22.5. The second-order valence-electron chi connectivity index (χ2n) is 9.30. The summed E-state index contributed by atoms with van der Waals surface area (Å²) in [6.45, 7) is -1.74. The lowest BCUT2D eigenvalue weighted by Crippen LogP contribution is -2.55. The van der Waals surface area contributed by atoms with E-state index in [9.17, 15) is 23.6 Å². The van der Waals surface area contributed by atoms with E-state index in [1.165, 1.54) is 30.3 Å². The third kappa shape index (κ3) is 6.47. The fourth-order valence-corrected chi connectivity index (χ4v) is 4.17. The maximum atomic E-state index is 14.7. The summed E-state index contributed by atoms with van der Waals surface area (Å²) < 4.78 is 40.2. The Morgan fingerprint density at radius 2 is 2.02 bits per heavy atom. The molecule has 12 nitrogen and oxygen atoms in total. The van der Waals surface area contributed by atoms with Crippen molar-refractivity contribution < 1.29 is 33.0 Å². The molecule has 1 aliphatic heterocycles. The number of nitrogens with zero attached hydrogens (tertiary/aromatic N) is 6. The molecule has 1 unspecified atom stereocenters. The van der Waals surface area contributed by atoms with E-state index in [0.29, 0.717) is 17.1 Å². The number of halogens is 2. The van der Waals surface area contributed by atoms with Gasteiger partial charge in [0.05, 0.1) is 24.9 Å². The first kappa shape index (κ1) is 29.1. The number of likely N-dealkylation sites (tertiary alicyclic amines) is 1. The standard InChI is InChI=1S/C27H27F2N7O5/c1-35(2)25(39)18-5-7-22(33-24(18)40-3)34-26-31-10-8-19(32-26)16-4-6-20(17(12-16)13-30)41-21-9-11-36(23(38)14-37)15-27(21,28)29/h4-8,10,12,21,37H,9,11,14-15H2,1-3H3,(H,31,32,33,34). The summed E-state index contributed by atoms with van der Waals surface area (Å²) in [5.41, 5.74) is 1.24. The third-order valence-corrected chi connectivity index (χ3v) is 6.27. The molecule has 1 atom stereocenters. The van der Waals surface area contributed by atoms with Crippen LogP contribution in [0.1, 0.15) is 22.3 Å². The fourth-order valence-electron chi connectivity index (χ4n) is 4.17. The van der Waals surface area contributed by atoms with Gasteiger partial charge in [0.25, 0.3) is 5.91 Å². The normalized spacial score (nSPS) is 15.9. The maximum Gasteiger partial charge on any atom is 0.301 e. The lowest BCUT2D eigenvalue weighted by atomic mass is 10.0. The largest absolute Gasteiger partial charge is 0.483 e. The number of benzene rings is 1. The molecule has 2 amide bonds. The van der Waals surface area contributed by atoms with Crippen LogP contribution in [0.15, 0.2) is 42.6 Å². The molecule has 0 bridgehead atoms.